The summed E-state index contributed by atoms with van der Waals surface area (Å²) in [4.78, 5) is 40.4. The van der Waals surface area contributed by atoms with Crippen molar-refractivity contribution < 1.29 is 19.1 Å². The van der Waals surface area contributed by atoms with Gasteiger partial charge in [0.2, 0.25) is 0 Å². The molecular formula is C31H48O4Si2. The Morgan fingerprint density at radius 2 is 1.54 bits per heavy atom. The lowest BCUT2D eigenvalue weighted by molar-refractivity contribution is -0.168. The maximum absolute atomic E-state index is 13.6. The number of Topliss-reactive ketones (excluding diaryl/α,β-unsaturated/α-hetero) is 2. The van der Waals surface area contributed by atoms with Gasteiger partial charge < -0.3 is 4.74 Å². The quantitative estimate of drug-likeness (QED) is 0.178. The molecule has 0 saturated heterocycles. The van der Waals surface area contributed by atoms with Gasteiger partial charge >= 0.3 is 5.97 Å². The molecule has 0 amide bonds. The van der Waals surface area contributed by atoms with Crippen LogP contribution in [0.1, 0.15) is 70.9 Å². The second kappa shape index (κ2) is 9.75. The predicted octanol–water partition coefficient (Wildman–Crippen LogP) is 5.90. The van der Waals surface area contributed by atoms with Crippen molar-refractivity contribution >= 4 is 44.1 Å². The topological polar surface area (TPSA) is 60.4 Å². The van der Waals surface area contributed by atoms with E-state index in [-0.39, 0.29) is 35.7 Å². The Bertz CT molecular complexity index is 1130. The van der Waals surface area contributed by atoms with Gasteiger partial charge in [-0.25, -0.2) is 0 Å². The summed E-state index contributed by atoms with van der Waals surface area (Å²) in [6.07, 6.45) is 1.96. The summed E-state index contributed by atoms with van der Waals surface area (Å²) in [5.41, 5.74) is 1.12. The van der Waals surface area contributed by atoms with Crippen molar-refractivity contribution in [2.75, 3.05) is 0 Å². The van der Waals surface area contributed by atoms with Crippen LogP contribution in [0.5, 0.6) is 0 Å². The lowest BCUT2D eigenvalue weighted by atomic mass is 9.72. The van der Waals surface area contributed by atoms with E-state index in [1.54, 1.807) is 45.0 Å². The smallest absolute Gasteiger partial charge is 0.324 e. The Morgan fingerprint density at radius 1 is 1.00 bits per heavy atom. The lowest BCUT2D eigenvalue weighted by Crippen LogP contribution is -2.57. The number of hydrogen-bond acceptors (Lipinski definition) is 4. The minimum absolute atomic E-state index is 0.141. The number of esters is 1. The van der Waals surface area contributed by atoms with Crippen LogP contribution in [-0.2, 0) is 25.5 Å². The number of ether oxygens (including phenoxy) is 1. The molecule has 37 heavy (non-hydrogen) atoms. The molecule has 0 radical (unpaired) electrons. The van der Waals surface area contributed by atoms with Crippen LogP contribution in [0.15, 0.2) is 24.3 Å². The van der Waals surface area contributed by atoms with Crippen LogP contribution < -0.4 is 10.4 Å². The van der Waals surface area contributed by atoms with E-state index in [0.717, 1.165) is 6.42 Å². The van der Waals surface area contributed by atoms with Crippen molar-refractivity contribution in [3.8, 4) is 0 Å². The Balaban J connectivity index is 1.86. The minimum atomic E-state index is -1.54. The molecule has 1 saturated carbocycles. The largest absolute Gasteiger partial charge is 0.459 e. The second-order valence-electron chi connectivity index (χ2n) is 14.8. The Labute approximate surface area is 226 Å². The number of fused-ring (bicyclic) bond motifs is 1. The van der Waals surface area contributed by atoms with Gasteiger partial charge in [-0.3, -0.25) is 14.4 Å². The molecule has 2 aliphatic carbocycles. The first-order valence-corrected chi connectivity index (χ1v) is 20.8. The fourth-order valence-electron chi connectivity index (χ4n) is 6.04. The minimum Gasteiger partial charge on any atom is -0.459 e. The van der Waals surface area contributed by atoms with Gasteiger partial charge in [-0.1, -0.05) is 87.8 Å². The van der Waals surface area contributed by atoms with Gasteiger partial charge in [0.15, 0.2) is 5.78 Å². The highest BCUT2D eigenvalue weighted by Crippen LogP contribution is 2.50. The predicted molar refractivity (Wildman–Crippen MR) is 158 cm³/mol. The van der Waals surface area contributed by atoms with E-state index >= 15 is 0 Å². The van der Waals surface area contributed by atoms with Gasteiger partial charge in [0.1, 0.15) is 16.8 Å². The number of benzene rings is 1. The molecule has 1 aromatic carbocycles. The van der Waals surface area contributed by atoms with Crippen LogP contribution in [0.2, 0.25) is 39.3 Å². The first kappa shape index (κ1) is 29.8. The summed E-state index contributed by atoms with van der Waals surface area (Å²) in [6, 6.07) is 4.87. The highest BCUT2D eigenvalue weighted by molar-refractivity contribution is 6.98. The summed E-state index contributed by atoms with van der Waals surface area (Å²) >= 11 is 0. The SMILES string of the molecule is C=C1C[C@@H](C(=O)CC2Cc3cc([Si](C)(C)C)c([Si](C)(C)C)cc32)C[C@@]1(C(=O)OC(C)(C)C)C(=O)C(C)C. The molecular weight excluding hydrogens is 493 g/mol. The second-order valence-corrected chi connectivity index (χ2v) is 24.9. The average molecular weight is 541 g/mol. The molecule has 1 unspecified atom stereocenters. The number of hydrogen-bond donors (Lipinski definition) is 0. The van der Waals surface area contributed by atoms with E-state index in [9.17, 15) is 14.4 Å². The zero-order chi connectivity index (χ0) is 28.3. The maximum atomic E-state index is 13.6. The fourth-order valence-corrected chi connectivity index (χ4v) is 11.2. The molecule has 4 nitrogen and oxygen atoms in total. The maximum Gasteiger partial charge on any atom is 0.324 e. The third-order valence-corrected chi connectivity index (χ3v) is 12.4. The zero-order valence-corrected chi connectivity index (χ0v) is 27.1. The summed E-state index contributed by atoms with van der Waals surface area (Å²) < 4.78 is 5.71. The average Bonchev–Trinajstić information content (AvgIpc) is 3.06. The monoisotopic (exact) mass is 540 g/mol. The molecule has 1 fully saturated rings. The van der Waals surface area contributed by atoms with Gasteiger partial charge in [-0.2, -0.15) is 0 Å². The summed E-state index contributed by atoms with van der Waals surface area (Å²) in [6.45, 7) is 27.6. The van der Waals surface area contributed by atoms with Crippen molar-refractivity contribution in [2.45, 2.75) is 111 Å². The molecule has 2 aliphatic rings. The summed E-state index contributed by atoms with van der Waals surface area (Å²) in [7, 11) is -3.01. The van der Waals surface area contributed by atoms with Crippen molar-refractivity contribution in [3.63, 3.8) is 0 Å². The fraction of sp³-hybridized carbons (Fsp3) is 0.645. The summed E-state index contributed by atoms with van der Waals surface area (Å²) in [5, 5.41) is 3.12. The third-order valence-electron chi connectivity index (χ3n) is 8.05. The van der Waals surface area contributed by atoms with Crippen molar-refractivity contribution in [2.24, 2.45) is 17.3 Å². The van der Waals surface area contributed by atoms with Gasteiger partial charge in [-0.05, 0) is 57.1 Å². The molecule has 0 N–H and O–H groups in total. The highest BCUT2D eigenvalue weighted by Gasteiger charge is 2.57. The van der Waals surface area contributed by atoms with Crippen LogP contribution in [0, 0.1) is 17.3 Å². The Morgan fingerprint density at radius 3 is 2.03 bits per heavy atom. The van der Waals surface area contributed by atoms with E-state index < -0.39 is 33.1 Å². The molecule has 3 rings (SSSR count). The molecule has 3 atom stereocenters. The Kier molecular flexibility index (Phi) is 7.84. The molecule has 0 spiro atoms. The van der Waals surface area contributed by atoms with E-state index in [4.69, 9.17) is 4.74 Å². The molecule has 204 valence electrons. The zero-order valence-electron chi connectivity index (χ0n) is 25.1. The lowest BCUT2D eigenvalue weighted by Gasteiger charge is -2.37. The normalized spacial score (nSPS) is 24.1. The van der Waals surface area contributed by atoms with Gasteiger partial charge in [0, 0.05) is 18.3 Å². The third kappa shape index (κ3) is 5.80. The van der Waals surface area contributed by atoms with Gasteiger partial charge in [-0.15, -0.1) is 0 Å². The van der Waals surface area contributed by atoms with Gasteiger partial charge in [0.25, 0.3) is 0 Å². The van der Waals surface area contributed by atoms with Crippen LogP contribution in [0.3, 0.4) is 0 Å². The summed E-state index contributed by atoms with van der Waals surface area (Å²) in [5.74, 6) is -1.09. The van der Waals surface area contributed by atoms with Crippen molar-refractivity contribution in [3.05, 3.63) is 35.4 Å². The van der Waals surface area contributed by atoms with Gasteiger partial charge in [0.05, 0.1) is 16.1 Å². The van der Waals surface area contributed by atoms with E-state index in [2.05, 4.69) is 58.0 Å². The van der Waals surface area contributed by atoms with E-state index in [1.807, 2.05) is 0 Å². The first-order valence-electron chi connectivity index (χ1n) is 13.8. The first-order chi connectivity index (χ1) is 16.7. The molecule has 0 heterocycles. The van der Waals surface area contributed by atoms with E-state index in [0.29, 0.717) is 18.4 Å². The number of ketones is 2. The van der Waals surface area contributed by atoms with Crippen LogP contribution in [-0.4, -0.2) is 39.3 Å². The number of carbonyl (C=O) groups excluding carboxylic acids is 3. The van der Waals surface area contributed by atoms with E-state index in [1.165, 1.54) is 11.1 Å². The Hall–Kier alpha value is -1.80. The molecule has 0 bridgehead atoms. The molecule has 1 aromatic rings. The molecule has 0 aliphatic heterocycles. The van der Waals surface area contributed by atoms with Crippen molar-refractivity contribution in [1.29, 1.82) is 0 Å². The van der Waals surface area contributed by atoms with Crippen LogP contribution in [0.4, 0.5) is 0 Å². The number of carbonyl (C=O) groups is 3. The van der Waals surface area contributed by atoms with Crippen LogP contribution >= 0.6 is 0 Å². The van der Waals surface area contributed by atoms with Crippen LogP contribution in [0.25, 0.3) is 0 Å². The molecule has 0 aromatic heterocycles. The van der Waals surface area contributed by atoms with Crippen molar-refractivity contribution in [1.82, 2.24) is 0 Å². The molecule has 6 heteroatoms. The standard InChI is InChI=1S/C31H48O4Si2/c1-19(2)28(33)31(29(34)35-30(4,5)6)18-23(13-20(31)3)25(32)15-21-14-22-16-26(36(7,8)9)27(17-24(21)22)37(10,11)12/h16-17,19,21,23H,3,13-15,18H2,1-2,4-12H3/t21?,23-,31+/m1/s1. The number of rotatable bonds is 8. The highest BCUT2D eigenvalue weighted by atomic mass is 28.3.